The zero-order valence-corrected chi connectivity index (χ0v) is 14.6. The Labute approximate surface area is 152 Å². The van der Waals surface area contributed by atoms with E-state index in [1.807, 2.05) is 12.1 Å². The van der Waals surface area contributed by atoms with Gasteiger partial charge in [0.1, 0.15) is 6.10 Å². The molecular weight excluding hydrogens is 334 g/mol. The van der Waals surface area contributed by atoms with Crippen LogP contribution in [0.25, 0.3) is 0 Å². The predicted molar refractivity (Wildman–Crippen MR) is 94.6 cm³/mol. The third kappa shape index (κ3) is 5.08. The van der Waals surface area contributed by atoms with E-state index in [1.165, 1.54) is 19.1 Å². The number of hydrogen-bond donors (Lipinski definition) is 2. The molecule has 0 aromatic carbocycles. The second-order valence-electron chi connectivity index (χ2n) is 6.25. The first kappa shape index (κ1) is 18.0. The van der Waals surface area contributed by atoms with Crippen molar-refractivity contribution in [2.45, 2.75) is 44.8 Å². The average molecular weight is 357 g/mol. The molecular formula is C19H23N3O4. The Morgan fingerprint density at radius 2 is 2.04 bits per heavy atom. The summed E-state index contributed by atoms with van der Waals surface area (Å²) in [6, 6.07) is 6.94. The smallest absolute Gasteiger partial charge is 0.286 e. The topological polar surface area (TPSA) is 93.5 Å². The van der Waals surface area contributed by atoms with Crippen molar-refractivity contribution in [1.29, 1.82) is 0 Å². The molecule has 1 fully saturated rings. The number of carbonyl (C=O) groups is 2. The van der Waals surface area contributed by atoms with E-state index < -0.39 is 0 Å². The maximum atomic E-state index is 12.0. The number of rotatable bonds is 8. The number of furan rings is 1. The lowest BCUT2D eigenvalue weighted by atomic mass is 10.2. The largest absolute Gasteiger partial charge is 0.474 e. The van der Waals surface area contributed by atoms with Crippen molar-refractivity contribution >= 4 is 11.8 Å². The predicted octanol–water partition coefficient (Wildman–Crippen LogP) is 2.43. The van der Waals surface area contributed by atoms with Crippen LogP contribution in [0.2, 0.25) is 0 Å². The molecule has 138 valence electrons. The molecule has 0 saturated heterocycles. The summed E-state index contributed by atoms with van der Waals surface area (Å²) < 4.78 is 11.0. The van der Waals surface area contributed by atoms with Gasteiger partial charge in [-0.15, -0.1) is 0 Å². The molecule has 2 aromatic rings. The van der Waals surface area contributed by atoms with Crippen LogP contribution in [0, 0.1) is 0 Å². The van der Waals surface area contributed by atoms with Gasteiger partial charge in [0.2, 0.25) is 11.8 Å². The van der Waals surface area contributed by atoms with Crippen LogP contribution >= 0.6 is 0 Å². The highest BCUT2D eigenvalue weighted by atomic mass is 16.5. The van der Waals surface area contributed by atoms with Gasteiger partial charge in [0, 0.05) is 31.3 Å². The standard InChI is InChI=1S/C19H23N3O4/c23-17(9-11-20-18(24)16-8-4-12-25-16)22-13-14-5-3-10-21-19(14)26-15-6-1-2-7-15/h3-5,8,10,12,15H,1-2,6-7,9,11,13H2,(H,20,24)(H,22,23). The average Bonchev–Trinajstić information content (AvgIpc) is 3.35. The Morgan fingerprint density at radius 3 is 2.81 bits per heavy atom. The summed E-state index contributed by atoms with van der Waals surface area (Å²) in [5.41, 5.74) is 0.854. The van der Waals surface area contributed by atoms with Crippen molar-refractivity contribution in [2.75, 3.05) is 6.54 Å². The second kappa shape index (κ2) is 9.03. The van der Waals surface area contributed by atoms with Crippen LogP contribution in [-0.4, -0.2) is 29.4 Å². The molecule has 1 aliphatic carbocycles. The van der Waals surface area contributed by atoms with Crippen molar-refractivity contribution in [3.8, 4) is 5.88 Å². The monoisotopic (exact) mass is 357 g/mol. The fraction of sp³-hybridized carbons (Fsp3) is 0.421. The van der Waals surface area contributed by atoms with Crippen molar-refractivity contribution in [3.05, 3.63) is 48.0 Å². The summed E-state index contributed by atoms with van der Waals surface area (Å²) >= 11 is 0. The van der Waals surface area contributed by atoms with Crippen molar-refractivity contribution in [2.24, 2.45) is 0 Å². The first-order valence-electron chi connectivity index (χ1n) is 8.91. The van der Waals surface area contributed by atoms with E-state index in [9.17, 15) is 9.59 Å². The van der Waals surface area contributed by atoms with Gasteiger partial charge >= 0.3 is 0 Å². The first-order valence-corrected chi connectivity index (χ1v) is 8.91. The maximum Gasteiger partial charge on any atom is 0.286 e. The fourth-order valence-electron chi connectivity index (χ4n) is 2.90. The SMILES string of the molecule is O=C(CCNC(=O)c1ccco1)NCc1cccnc1OC1CCCC1. The van der Waals surface area contributed by atoms with Gasteiger partial charge in [-0.05, 0) is 43.9 Å². The number of aromatic nitrogens is 1. The van der Waals surface area contributed by atoms with Crippen LogP contribution in [0.15, 0.2) is 41.1 Å². The zero-order valence-electron chi connectivity index (χ0n) is 14.6. The van der Waals surface area contributed by atoms with E-state index in [-0.39, 0.29) is 36.6 Å². The minimum Gasteiger partial charge on any atom is -0.474 e. The van der Waals surface area contributed by atoms with Gasteiger partial charge in [0.25, 0.3) is 5.91 Å². The van der Waals surface area contributed by atoms with Gasteiger partial charge in [0.05, 0.1) is 6.26 Å². The quantitative estimate of drug-likeness (QED) is 0.757. The summed E-state index contributed by atoms with van der Waals surface area (Å²) in [6.07, 6.45) is 8.01. The van der Waals surface area contributed by atoms with Crippen molar-refractivity contribution in [3.63, 3.8) is 0 Å². The Hall–Kier alpha value is -2.83. The number of carbonyl (C=O) groups excluding carboxylic acids is 2. The van der Waals surface area contributed by atoms with E-state index >= 15 is 0 Å². The number of amides is 2. The Bertz CT molecular complexity index is 724. The summed E-state index contributed by atoms with van der Waals surface area (Å²) in [6.45, 7) is 0.588. The molecule has 2 amide bonds. The van der Waals surface area contributed by atoms with Crippen LogP contribution in [0.3, 0.4) is 0 Å². The van der Waals surface area contributed by atoms with Crippen LogP contribution in [0.5, 0.6) is 5.88 Å². The summed E-state index contributed by atoms with van der Waals surface area (Å²) in [4.78, 5) is 28.0. The highest BCUT2D eigenvalue weighted by Crippen LogP contribution is 2.24. The summed E-state index contributed by atoms with van der Waals surface area (Å²) in [5, 5.41) is 5.48. The van der Waals surface area contributed by atoms with E-state index in [2.05, 4.69) is 15.6 Å². The minimum absolute atomic E-state index is 0.152. The highest BCUT2D eigenvalue weighted by molar-refractivity contribution is 5.91. The first-order chi connectivity index (χ1) is 12.7. The Kier molecular flexibility index (Phi) is 6.24. The number of nitrogens with zero attached hydrogens (tertiary/aromatic N) is 1. The van der Waals surface area contributed by atoms with E-state index in [1.54, 1.807) is 18.3 Å². The molecule has 2 aromatic heterocycles. The molecule has 0 radical (unpaired) electrons. The van der Waals surface area contributed by atoms with Crippen LogP contribution in [0.1, 0.15) is 48.2 Å². The van der Waals surface area contributed by atoms with E-state index in [4.69, 9.17) is 9.15 Å². The number of ether oxygens (including phenoxy) is 1. The molecule has 7 nitrogen and oxygen atoms in total. The normalized spacial score (nSPS) is 14.2. The molecule has 0 spiro atoms. The third-order valence-corrected chi connectivity index (χ3v) is 4.29. The van der Waals surface area contributed by atoms with Gasteiger partial charge in [-0.3, -0.25) is 9.59 Å². The molecule has 0 bridgehead atoms. The molecule has 2 heterocycles. The maximum absolute atomic E-state index is 12.0. The number of hydrogen-bond acceptors (Lipinski definition) is 5. The summed E-state index contributed by atoms with van der Waals surface area (Å²) in [5.74, 6) is 0.336. The molecule has 0 unspecified atom stereocenters. The zero-order chi connectivity index (χ0) is 18.2. The van der Waals surface area contributed by atoms with Crippen molar-refractivity contribution in [1.82, 2.24) is 15.6 Å². The van der Waals surface area contributed by atoms with Crippen LogP contribution in [-0.2, 0) is 11.3 Å². The van der Waals surface area contributed by atoms with Crippen molar-refractivity contribution < 1.29 is 18.7 Å². The highest BCUT2D eigenvalue weighted by Gasteiger charge is 2.18. The molecule has 26 heavy (non-hydrogen) atoms. The Balaban J connectivity index is 1.42. The van der Waals surface area contributed by atoms with E-state index in [0.717, 1.165) is 18.4 Å². The lowest BCUT2D eigenvalue weighted by Gasteiger charge is -2.15. The van der Waals surface area contributed by atoms with Crippen LogP contribution in [0.4, 0.5) is 0 Å². The molecule has 1 aliphatic rings. The molecule has 0 atom stereocenters. The number of pyridine rings is 1. The minimum atomic E-state index is -0.331. The molecule has 0 aliphatic heterocycles. The third-order valence-electron chi connectivity index (χ3n) is 4.29. The second-order valence-corrected chi connectivity index (χ2v) is 6.25. The van der Waals surface area contributed by atoms with E-state index in [0.29, 0.717) is 12.4 Å². The van der Waals surface area contributed by atoms with Gasteiger partial charge < -0.3 is 19.8 Å². The van der Waals surface area contributed by atoms with Crippen LogP contribution < -0.4 is 15.4 Å². The van der Waals surface area contributed by atoms with Gasteiger partial charge in [-0.1, -0.05) is 6.07 Å². The van der Waals surface area contributed by atoms with Gasteiger partial charge in [0.15, 0.2) is 5.76 Å². The molecule has 7 heteroatoms. The molecule has 3 rings (SSSR count). The lowest BCUT2D eigenvalue weighted by molar-refractivity contribution is -0.121. The van der Waals surface area contributed by atoms with Gasteiger partial charge in [-0.2, -0.15) is 0 Å². The summed E-state index contributed by atoms with van der Waals surface area (Å²) in [7, 11) is 0. The van der Waals surface area contributed by atoms with Gasteiger partial charge in [-0.25, -0.2) is 4.98 Å². The molecule has 2 N–H and O–H groups in total. The number of nitrogens with one attached hydrogen (secondary N) is 2. The lowest BCUT2D eigenvalue weighted by Crippen LogP contribution is -2.30. The fourth-order valence-corrected chi connectivity index (χ4v) is 2.90. The molecule has 1 saturated carbocycles. The Morgan fingerprint density at radius 1 is 1.19 bits per heavy atom.